The summed E-state index contributed by atoms with van der Waals surface area (Å²) in [7, 11) is 3.89. The van der Waals surface area contributed by atoms with Crippen LogP contribution >= 0.6 is 11.6 Å². The highest BCUT2D eigenvalue weighted by atomic mass is 35.5. The van der Waals surface area contributed by atoms with Gasteiger partial charge in [-0.15, -0.1) is 0 Å². The van der Waals surface area contributed by atoms with Crippen LogP contribution in [0.4, 0.5) is 0 Å². The summed E-state index contributed by atoms with van der Waals surface area (Å²) in [6.07, 6.45) is 0.495. The van der Waals surface area contributed by atoms with Crippen LogP contribution in [0.25, 0.3) is 11.3 Å². The van der Waals surface area contributed by atoms with Gasteiger partial charge in [-0.05, 0) is 38.4 Å². The number of rotatable bonds is 5. The number of carbonyl (C=O) groups is 2. The van der Waals surface area contributed by atoms with Crippen molar-refractivity contribution in [3.63, 3.8) is 0 Å². The van der Waals surface area contributed by atoms with Gasteiger partial charge in [0.25, 0.3) is 5.91 Å². The molecule has 27 heavy (non-hydrogen) atoms. The van der Waals surface area contributed by atoms with E-state index in [1.54, 1.807) is 23.1 Å². The van der Waals surface area contributed by atoms with Crippen molar-refractivity contribution in [3.8, 4) is 11.3 Å². The molecule has 1 fully saturated rings. The highest BCUT2D eigenvalue weighted by Crippen LogP contribution is 2.23. The molecule has 3 rings (SSSR count). The van der Waals surface area contributed by atoms with Gasteiger partial charge in [-0.2, -0.15) is 0 Å². The second-order valence-electron chi connectivity index (χ2n) is 6.81. The van der Waals surface area contributed by atoms with Crippen LogP contribution in [0.3, 0.4) is 0 Å². The Bertz CT molecular complexity index is 796. The zero-order valence-corrected chi connectivity index (χ0v) is 16.3. The fraction of sp³-hybridized carbons (Fsp3) is 0.421. The summed E-state index contributed by atoms with van der Waals surface area (Å²) in [5.41, 5.74) is 1.08. The van der Waals surface area contributed by atoms with Crippen molar-refractivity contribution < 1.29 is 14.1 Å². The molecule has 7 nitrogen and oxygen atoms in total. The van der Waals surface area contributed by atoms with Gasteiger partial charge >= 0.3 is 0 Å². The summed E-state index contributed by atoms with van der Waals surface area (Å²) in [4.78, 5) is 30.4. The maximum atomic E-state index is 12.7. The Morgan fingerprint density at radius 1 is 1.11 bits per heavy atom. The first-order chi connectivity index (χ1) is 12.9. The summed E-state index contributed by atoms with van der Waals surface area (Å²) in [6.45, 7) is 2.80. The monoisotopic (exact) mass is 390 g/mol. The van der Waals surface area contributed by atoms with E-state index in [-0.39, 0.29) is 17.5 Å². The Hall–Kier alpha value is -2.38. The highest BCUT2D eigenvalue weighted by molar-refractivity contribution is 6.30. The van der Waals surface area contributed by atoms with Gasteiger partial charge in [0.1, 0.15) is 0 Å². The lowest BCUT2D eigenvalue weighted by Gasteiger charge is -2.34. The molecule has 1 aromatic heterocycles. The molecule has 1 aliphatic heterocycles. The minimum Gasteiger partial charge on any atom is -0.355 e. The summed E-state index contributed by atoms with van der Waals surface area (Å²) in [5.74, 6) is 0.467. The second-order valence-corrected chi connectivity index (χ2v) is 7.25. The second kappa shape index (κ2) is 8.54. The Labute approximate surface area is 163 Å². The molecule has 2 amide bonds. The van der Waals surface area contributed by atoms with Crippen molar-refractivity contribution in [3.05, 3.63) is 41.0 Å². The Morgan fingerprint density at radius 2 is 1.74 bits per heavy atom. The molecule has 2 aromatic rings. The molecule has 8 heteroatoms. The molecule has 144 valence electrons. The number of piperazine rings is 1. The fourth-order valence-electron chi connectivity index (χ4n) is 2.92. The maximum absolute atomic E-state index is 12.7. The molecule has 2 heterocycles. The van der Waals surface area contributed by atoms with Crippen molar-refractivity contribution in [2.24, 2.45) is 0 Å². The lowest BCUT2D eigenvalue weighted by molar-refractivity contribution is -0.132. The van der Waals surface area contributed by atoms with Crippen molar-refractivity contribution in [1.29, 1.82) is 0 Å². The van der Waals surface area contributed by atoms with Gasteiger partial charge in [-0.25, -0.2) is 0 Å². The minimum absolute atomic E-state index is 0.127. The smallest absolute Gasteiger partial charge is 0.276 e. The molecular formula is C19H23ClN4O3. The average Bonchev–Trinajstić information content (AvgIpc) is 3.16. The third-order valence-electron chi connectivity index (χ3n) is 4.55. The predicted octanol–water partition coefficient (Wildman–Crippen LogP) is 2.23. The zero-order valence-electron chi connectivity index (χ0n) is 15.5. The highest BCUT2D eigenvalue weighted by Gasteiger charge is 2.26. The summed E-state index contributed by atoms with van der Waals surface area (Å²) < 4.78 is 5.31. The van der Waals surface area contributed by atoms with E-state index in [2.05, 4.69) is 5.16 Å². The number of aromatic nitrogens is 1. The fourth-order valence-corrected chi connectivity index (χ4v) is 3.05. The van der Waals surface area contributed by atoms with Crippen LogP contribution in [0.1, 0.15) is 16.9 Å². The number of nitrogens with zero attached hydrogens (tertiary/aromatic N) is 4. The first-order valence-electron chi connectivity index (χ1n) is 8.88. The first kappa shape index (κ1) is 19.4. The number of carbonyl (C=O) groups excluding carboxylic acids is 2. The molecule has 0 radical (unpaired) electrons. The van der Waals surface area contributed by atoms with Gasteiger partial charge in [0, 0.05) is 55.8 Å². The van der Waals surface area contributed by atoms with E-state index in [0.29, 0.717) is 43.4 Å². The Kier molecular flexibility index (Phi) is 6.13. The molecule has 0 unspecified atom stereocenters. The summed E-state index contributed by atoms with van der Waals surface area (Å²) >= 11 is 5.89. The quantitative estimate of drug-likeness (QED) is 0.783. The number of hydrogen-bond donors (Lipinski definition) is 0. The van der Waals surface area contributed by atoms with E-state index in [9.17, 15) is 9.59 Å². The molecule has 0 atom stereocenters. The normalized spacial score (nSPS) is 14.7. The first-order valence-corrected chi connectivity index (χ1v) is 9.26. The molecule has 0 bridgehead atoms. The van der Waals surface area contributed by atoms with Gasteiger partial charge in [0.05, 0.1) is 0 Å². The van der Waals surface area contributed by atoms with Gasteiger partial charge < -0.3 is 19.2 Å². The van der Waals surface area contributed by atoms with Gasteiger partial charge in [0.2, 0.25) is 5.91 Å². The van der Waals surface area contributed by atoms with Gasteiger partial charge in [-0.3, -0.25) is 9.59 Å². The summed E-state index contributed by atoms with van der Waals surface area (Å²) in [5, 5.41) is 4.54. The topological polar surface area (TPSA) is 69.9 Å². The maximum Gasteiger partial charge on any atom is 0.276 e. The van der Waals surface area contributed by atoms with Crippen LogP contribution in [0, 0.1) is 0 Å². The number of benzene rings is 1. The van der Waals surface area contributed by atoms with Crippen molar-refractivity contribution in [1.82, 2.24) is 19.9 Å². The van der Waals surface area contributed by atoms with E-state index in [1.807, 2.05) is 36.0 Å². The van der Waals surface area contributed by atoms with Crippen LogP contribution in [-0.2, 0) is 4.79 Å². The van der Waals surface area contributed by atoms with Gasteiger partial charge in [-0.1, -0.05) is 16.8 Å². The van der Waals surface area contributed by atoms with E-state index < -0.39 is 0 Å². The largest absolute Gasteiger partial charge is 0.355 e. The standard InChI is InChI=1S/C19H23ClN4O3/c1-22(2)8-7-18(25)23-9-11-24(12-10-23)19(26)16-13-17(27-21-16)14-3-5-15(20)6-4-14/h3-6,13H,7-12H2,1-2H3. The molecule has 1 aromatic carbocycles. The number of halogens is 1. The van der Waals surface area contributed by atoms with E-state index in [1.165, 1.54) is 0 Å². The van der Waals surface area contributed by atoms with E-state index >= 15 is 0 Å². The molecule has 1 saturated heterocycles. The minimum atomic E-state index is -0.181. The third-order valence-corrected chi connectivity index (χ3v) is 4.80. The molecule has 0 N–H and O–H groups in total. The van der Waals surface area contributed by atoms with Crippen molar-refractivity contribution in [2.75, 3.05) is 46.8 Å². The molecule has 0 spiro atoms. The molecule has 1 aliphatic rings. The van der Waals surface area contributed by atoms with Gasteiger partial charge in [0.15, 0.2) is 11.5 Å². The lowest BCUT2D eigenvalue weighted by atomic mass is 10.1. The predicted molar refractivity (Wildman–Crippen MR) is 103 cm³/mol. The van der Waals surface area contributed by atoms with E-state index in [0.717, 1.165) is 12.1 Å². The number of hydrogen-bond acceptors (Lipinski definition) is 5. The number of amides is 2. The third kappa shape index (κ3) is 4.87. The van der Waals surface area contributed by atoms with E-state index in [4.69, 9.17) is 16.1 Å². The van der Waals surface area contributed by atoms with Crippen LogP contribution in [0.5, 0.6) is 0 Å². The SMILES string of the molecule is CN(C)CCC(=O)N1CCN(C(=O)c2cc(-c3ccc(Cl)cc3)on2)CC1. The molecule has 0 saturated carbocycles. The van der Waals surface area contributed by atoms with Crippen LogP contribution in [0.2, 0.25) is 5.02 Å². The summed E-state index contributed by atoms with van der Waals surface area (Å²) in [6, 6.07) is 8.78. The Balaban J connectivity index is 1.57. The molecule has 0 aliphatic carbocycles. The zero-order chi connectivity index (χ0) is 19.4. The molecular weight excluding hydrogens is 368 g/mol. The van der Waals surface area contributed by atoms with Crippen molar-refractivity contribution >= 4 is 23.4 Å². The van der Waals surface area contributed by atoms with Crippen molar-refractivity contribution in [2.45, 2.75) is 6.42 Å². The average molecular weight is 391 g/mol. The van der Waals surface area contributed by atoms with Crippen LogP contribution < -0.4 is 0 Å². The van der Waals surface area contributed by atoms with Crippen LogP contribution in [-0.4, -0.2) is 78.5 Å². The lowest BCUT2D eigenvalue weighted by Crippen LogP contribution is -2.51. The Morgan fingerprint density at radius 3 is 2.37 bits per heavy atom. The van der Waals surface area contributed by atoms with Crippen LogP contribution in [0.15, 0.2) is 34.9 Å².